The Bertz CT molecular complexity index is 594. The van der Waals surface area contributed by atoms with Crippen LogP contribution in [0.5, 0.6) is 0 Å². The number of aromatic nitrogens is 1. The van der Waals surface area contributed by atoms with Gasteiger partial charge in [-0.05, 0) is 6.92 Å². The number of hydrogen-bond donors (Lipinski definition) is 0. The minimum absolute atomic E-state index is 0.295. The van der Waals surface area contributed by atoms with Gasteiger partial charge in [0.05, 0.1) is 0 Å². The molecule has 0 N–H and O–H groups in total. The zero-order chi connectivity index (χ0) is 12.3. The molecule has 1 aromatic carbocycles. The van der Waals surface area contributed by atoms with Crippen molar-refractivity contribution >= 4 is 23.3 Å². The average Bonchev–Trinajstić information content (AvgIpc) is 2.80. The van der Waals surface area contributed by atoms with E-state index < -0.39 is 5.78 Å². The molecule has 0 radical (unpaired) electrons. The van der Waals surface area contributed by atoms with E-state index in [-0.39, 0.29) is 0 Å². The number of thiazole rings is 1. The molecule has 0 saturated carbocycles. The monoisotopic (exact) mass is 243 g/mol. The lowest BCUT2D eigenvalue weighted by Crippen LogP contribution is -2.00. The molecule has 1 aromatic heterocycles. The zero-order valence-corrected chi connectivity index (χ0v) is 9.94. The third-order valence-corrected chi connectivity index (χ3v) is 3.12. The highest BCUT2D eigenvalue weighted by Crippen LogP contribution is 2.23. The largest absolute Gasteiger partial charge is 0.361 e. The summed E-state index contributed by atoms with van der Waals surface area (Å²) in [6, 6.07) is 7.91. The van der Waals surface area contributed by atoms with Crippen LogP contribution in [0.15, 0.2) is 29.6 Å². The van der Waals surface area contributed by atoms with Crippen LogP contribution in [0.4, 0.5) is 0 Å². The smallest absolute Gasteiger partial charge is 0.329 e. The molecule has 0 unspecified atom stereocenters. The summed E-state index contributed by atoms with van der Waals surface area (Å²) < 4.78 is 0. The van der Waals surface area contributed by atoms with Gasteiger partial charge in [0.15, 0.2) is 0 Å². The molecule has 0 atom stereocenters. The van der Waals surface area contributed by atoms with E-state index >= 15 is 0 Å². The molecular formula is C12H9N3OS. The summed E-state index contributed by atoms with van der Waals surface area (Å²) in [7, 11) is 0. The quantitative estimate of drug-likeness (QED) is 0.360. The van der Waals surface area contributed by atoms with Gasteiger partial charge in [0.1, 0.15) is 10.7 Å². The molecule has 0 fully saturated rings. The van der Waals surface area contributed by atoms with E-state index in [9.17, 15) is 4.79 Å². The Balaban J connectivity index is 2.32. The summed E-state index contributed by atoms with van der Waals surface area (Å²) in [5, 5.41) is 2.43. The van der Waals surface area contributed by atoms with Crippen molar-refractivity contribution in [2.75, 3.05) is 0 Å². The van der Waals surface area contributed by atoms with Gasteiger partial charge >= 0.3 is 6.21 Å². The third kappa shape index (κ3) is 2.53. The lowest BCUT2D eigenvalue weighted by molar-refractivity contribution is 0.00231. The van der Waals surface area contributed by atoms with Gasteiger partial charge in [-0.15, -0.1) is 11.3 Å². The van der Waals surface area contributed by atoms with E-state index in [1.54, 1.807) is 5.38 Å². The minimum atomic E-state index is -0.401. The number of hydrogen-bond acceptors (Lipinski definition) is 3. The normalized spacial score (nSPS) is 9.71. The lowest BCUT2D eigenvalue weighted by Gasteiger charge is -1.96. The van der Waals surface area contributed by atoms with Crippen LogP contribution in [-0.4, -0.2) is 21.8 Å². The Morgan fingerprint density at radius 1 is 1.41 bits per heavy atom. The Kier molecular flexibility index (Phi) is 3.23. The standard InChI is InChI=1S/C12H9N3OS/c1-8-2-4-9(5-3-8)12-15-10(7-17-12)11(16)6-14-13/h2-7H,1H3. The van der Waals surface area contributed by atoms with Gasteiger partial charge in [-0.2, -0.15) is 4.79 Å². The molecule has 0 saturated heterocycles. The molecule has 17 heavy (non-hydrogen) atoms. The minimum Gasteiger partial charge on any atom is -0.361 e. The van der Waals surface area contributed by atoms with Gasteiger partial charge in [0, 0.05) is 10.9 Å². The van der Waals surface area contributed by atoms with Crippen molar-refractivity contribution < 1.29 is 9.58 Å². The second-order valence-corrected chi connectivity index (χ2v) is 4.37. The third-order valence-electron chi connectivity index (χ3n) is 2.23. The molecule has 0 aliphatic rings. The predicted molar refractivity (Wildman–Crippen MR) is 66.3 cm³/mol. The Morgan fingerprint density at radius 3 is 2.76 bits per heavy atom. The molecule has 0 spiro atoms. The van der Waals surface area contributed by atoms with Crippen LogP contribution in [-0.2, 0) is 0 Å². The fraction of sp³-hybridized carbons (Fsp3) is 0.0833. The second kappa shape index (κ2) is 4.82. The summed E-state index contributed by atoms with van der Waals surface area (Å²) in [6.45, 7) is 2.01. The van der Waals surface area contributed by atoms with Gasteiger partial charge in [-0.1, -0.05) is 29.8 Å². The Hall–Kier alpha value is -2.10. The van der Waals surface area contributed by atoms with Crippen LogP contribution in [0, 0.1) is 6.92 Å². The summed E-state index contributed by atoms with van der Waals surface area (Å²) in [5.41, 5.74) is 10.7. The number of rotatable bonds is 3. The van der Waals surface area contributed by atoms with E-state index in [1.807, 2.05) is 31.2 Å². The predicted octanol–water partition coefficient (Wildman–Crippen LogP) is 2.60. The van der Waals surface area contributed by atoms with Crippen molar-refractivity contribution in [2.24, 2.45) is 0 Å². The van der Waals surface area contributed by atoms with Gasteiger partial charge in [0.25, 0.3) is 5.78 Å². The summed E-state index contributed by atoms with van der Waals surface area (Å²) >= 11 is 1.39. The summed E-state index contributed by atoms with van der Waals surface area (Å²) in [5.74, 6) is -0.401. The molecule has 2 rings (SSSR count). The molecule has 2 aromatic rings. The van der Waals surface area contributed by atoms with Crippen molar-refractivity contribution in [2.45, 2.75) is 6.92 Å². The van der Waals surface area contributed by atoms with E-state index in [1.165, 1.54) is 16.9 Å². The highest BCUT2D eigenvalue weighted by atomic mass is 32.1. The number of aryl methyl sites for hydroxylation is 1. The highest BCUT2D eigenvalue weighted by Gasteiger charge is 2.12. The molecule has 5 heteroatoms. The molecule has 84 valence electrons. The summed E-state index contributed by atoms with van der Waals surface area (Å²) in [6.07, 6.45) is 0.841. The van der Waals surface area contributed by atoms with Crippen LogP contribution in [0.25, 0.3) is 16.1 Å². The van der Waals surface area contributed by atoms with Crippen LogP contribution in [0.3, 0.4) is 0 Å². The molecule has 0 aliphatic heterocycles. The maximum Gasteiger partial charge on any atom is 0.329 e. The first-order valence-corrected chi connectivity index (χ1v) is 5.83. The second-order valence-electron chi connectivity index (χ2n) is 3.51. The number of ketones is 1. The van der Waals surface area contributed by atoms with Gasteiger partial charge in [-0.3, -0.25) is 4.79 Å². The number of benzene rings is 1. The van der Waals surface area contributed by atoms with Crippen LogP contribution in [0.2, 0.25) is 0 Å². The van der Waals surface area contributed by atoms with Gasteiger partial charge in [-0.25, -0.2) is 4.98 Å². The first-order chi connectivity index (χ1) is 8.20. The lowest BCUT2D eigenvalue weighted by atomic mass is 10.2. The zero-order valence-electron chi connectivity index (χ0n) is 9.12. The SMILES string of the molecule is Cc1ccc(-c2nc(C(=O)C=[N+]=[N-])cs2)cc1. The number of Topliss-reactive ketones (excluding diaryl/α,β-unsaturated/α-hetero) is 1. The van der Waals surface area contributed by atoms with E-state index in [0.717, 1.165) is 16.8 Å². The number of carbonyl (C=O) groups excluding carboxylic acids is 1. The van der Waals surface area contributed by atoms with E-state index in [2.05, 4.69) is 9.77 Å². The molecule has 0 bridgehead atoms. The van der Waals surface area contributed by atoms with E-state index in [4.69, 9.17) is 5.53 Å². The topological polar surface area (TPSA) is 66.4 Å². The van der Waals surface area contributed by atoms with Crippen molar-refractivity contribution in [3.8, 4) is 10.6 Å². The molecule has 4 nitrogen and oxygen atoms in total. The molecule has 0 aliphatic carbocycles. The first-order valence-electron chi connectivity index (χ1n) is 4.95. The van der Waals surface area contributed by atoms with Crippen molar-refractivity contribution in [1.82, 2.24) is 4.98 Å². The maximum absolute atomic E-state index is 11.4. The fourth-order valence-electron chi connectivity index (χ4n) is 1.33. The molecular weight excluding hydrogens is 234 g/mol. The maximum atomic E-state index is 11.4. The highest BCUT2D eigenvalue weighted by molar-refractivity contribution is 7.13. The summed E-state index contributed by atoms with van der Waals surface area (Å²) in [4.78, 5) is 18.3. The number of carbonyl (C=O) groups is 1. The van der Waals surface area contributed by atoms with Crippen molar-refractivity contribution in [3.05, 3.63) is 46.4 Å². The van der Waals surface area contributed by atoms with Gasteiger partial charge < -0.3 is 5.53 Å². The van der Waals surface area contributed by atoms with Crippen LogP contribution < -0.4 is 0 Å². The molecule has 1 heterocycles. The van der Waals surface area contributed by atoms with Crippen LogP contribution >= 0.6 is 11.3 Å². The van der Waals surface area contributed by atoms with Crippen LogP contribution in [0.1, 0.15) is 16.1 Å². The Morgan fingerprint density at radius 2 is 2.12 bits per heavy atom. The van der Waals surface area contributed by atoms with E-state index in [0.29, 0.717) is 5.69 Å². The Labute approximate surface area is 102 Å². The van der Waals surface area contributed by atoms with Crippen molar-refractivity contribution in [3.63, 3.8) is 0 Å². The van der Waals surface area contributed by atoms with Crippen molar-refractivity contribution in [1.29, 1.82) is 0 Å². The molecule has 0 amide bonds. The average molecular weight is 243 g/mol. The van der Waals surface area contributed by atoms with Gasteiger partial charge in [0.2, 0.25) is 0 Å². The number of nitrogens with zero attached hydrogens (tertiary/aromatic N) is 3. The first kappa shape index (κ1) is 11.4. The fourth-order valence-corrected chi connectivity index (χ4v) is 2.15.